The summed E-state index contributed by atoms with van der Waals surface area (Å²) < 4.78 is 7.23. The van der Waals surface area contributed by atoms with Crippen molar-refractivity contribution in [3.63, 3.8) is 0 Å². The van der Waals surface area contributed by atoms with Gasteiger partial charge in [-0.2, -0.15) is 5.10 Å². The topological polar surface area (TPSA) is 59.7 Å². The third-order valence-corrected chi connectivity index (χ3v) is 3.86. The molecular weight excluding hydrogens is 352 g/mol. The van der Waals surface area contributed by atoms with Gasteiger partial charge < -0.3 is 4.74 Å². The number of amides is 1. The Balaban J connectivity index is 2.10. The molecule has 26 heavy (non-hydrogen) atoms. The quantitative estimate of drug-likeness (QED) is 0.672. The molecule has 0 saturated heterocycles. The number of anilines is 1. The molecule has 2 aromatic heterocycles. The van der Waals surface area contributed by atoms with Crippen molar-refractivity contribution in [2.24, 2.45) is 0 Å². The lowest BCUT2D eigenvalue weighted by Gasteiger charge is -2.27. The van der Waals surface area contributed by atoms with Gasteiger partial charge in [-0.25, -0.2) is 14.3 Å². The molecule has 0 N–H and O–H groups in total. The summed E-state index contributed by atoms with van der Waals surface area (Å²) in [6.07, 6.45) is 1.23. The number of fused-ring (bicyclic) bond motifs is 1. The summed E-state index contributed by atoms with van der Waals surface area (Å²) in [7, 11) is 0. The molecule has 0 aliphatic heterocycles. The monoisotopic (exact) mass is 372 g/mol. The van der Waals surface area contributed by atoms with E-state index in [1.807, 2.05) is 58.0 Å². The fourth-order valence-corrected chi connectivity index (χ4v) is 2.74. The molecule has 0 radical (unpaired) electrons. The molecular formula is C19H21ClN4O2. The van der Waals surface area contributed by atoms with Crippen LogP contribution in [0.4, 0.5) is 10.5 Å². The predicted molar refractivity (Wildman–Crippen MR) is 102 cm³/mol. The van der Waals surface area contributed by atoms with Crippen LogP contribution in [0, 0.1) is 6.92 Å². The Bertz CT molecular complexity index is 932. The summed E-state index contributed by atoms with van der Waals surface area (Å²) in [5.74, 6) is 0. The molecule has 0 bridgehead atoms. The number of hydrogen-bond acceptors (Lipinski definition) is 4. The van der Waals surface area contributed by atoms with Gasteiger partial charge >= 0.3 is 6.09 Å². The van der Waals surface area contributed by atoms with Crippen molar-refractivity contribution in [3.8, 4) is 0 Å². The highest BCUT2D eigenvalue weighted by atomic mass is 35.5. The van der Waals surface area contributed by atoms with E-state index in [1.165, 1.54) is 4.90 Å². The predicted octanol–water partition coefficient (Wildman–Crippen LogP) is 4.63. The van der Waals surface area contributed by atoms with Crippen LogP contribution in [0.5, 0.6) is 0 Å². The molecule has 0 saturated carbocycles. The van der Waals surface area contributed by atoms with Gasteiger partial charge in [0.2, 0.25) is 0 Å². The van der Waals surface area contributed by atoms with Crippen molar-refractivity contribution < 1.29 is 9.53 Å². The fraction of sp³-hybridized carbons (Fsp3) is 0.316. The number of aryl methyl sites for hydroxylation is 1. The van der Waals surface area contributed by atoms with Crippen LogP contribution in [0.3, 0.4) is 0 Å². The van der Waals surface area contributed by atoms with E-state index in [9.17, 15) is 4.79 Å². The lowest BCUT2D eigenvalue weighted by Crippen LogP contribution is -2.37. The minimum Gasteiger partial charge on any atom is -0.443 e. The maximum Gasteiger partial charge on any atom is 0.415 e. The van der Waals surface area contributed by atoms with Gasteiger partial charge in [0.25, 0.3) is 0 Å². The smallest absolute Gasteiger partial charge is 0.415 e. The van der Waals surface area contributed by atoms with Crippen molar-refractivity contribution in [3.05, 3.63) is 59.0 Å². The molecule has 0 unspecified atom stereocenters. The molecule has 0 aliphatic carbocycles. The number of benzene rings is 1. The zero-order valence-corrected chi connectivity index (χ0v) is 16.0. The van der Waals surface area contributed by atoms with E-state index in [1.54, 1.807) is 16.8 Å². The minimum absolute atomic E-state index is 0.273. The first kappa shape index (κ1) is 18.2. The molecule has 136 valence electrons. The van der Waals surface area contributed by atoms with Gasteiger partial charge in [0.05, 0.1) is 24.1 Å². The minimum atomic E-state index is -0.621. The molecule has 1 amide bonds. The molecule has 1 aromatic carbocycles. The largest absolute Gasteiger partial charge is 0.443 e. The number of imidazole rings is 1. The van der Waals surface area contributed by atoms with Crippen LogP contribution in [0.2, 0.25) is 5.15 Å². The number of rotatable bonds is 3. The summed E-state index contributed by atoms with van der Waals surface area (Å²) in [6.45, 7) is 7.71. The van der Waals surface area contributed by atoms with E-state index in [4.69, 9.17) is 16.3 Å². The van der Waals surface area contributed by atoms with E-state index >= 15 is 0 Å². The summed E-state index contributed by atoms with van der Waals surface area (Å²) >= 11 is 6.20. The van der Waals surface area contributed by atoms with Crippen LogP contribution in [0.1, 0.15) is 32.0 Å². The van der Waals surface area contributed by atoms with E-state index in [0.717, 1.165) is 11.3 Å². The van der Waals surface area contributed by atoms with Gasteiger partial charge in [-0.15, -0.1) is 0 Å². The number of aromatic nitrogens is 3. The second-order valence-electron chi connectivity index (χ2n) is 7.04. The molecule has 7 heteroatoms. The highest BCUT2D eigenvalue weighted by Gasteiger charge is 2.26. The Hall–Kier alpha value is -2.60. The zero-order chi connectivity index (χ0) is 18.9. The van der Waals surface area contributed by atoms with Crippen molar-refractivity contribution in [2.45, 2.75) is 39.8 Å². The van der Waals surface area contributed by atoms with Crippen LogP contribution >= 0.6 is 11.6 Å². The first-order chi connectivity index (χ1) is 12.2. The number of nitrogens with zero attached hydrogens (tertiary/aromatic N) is 4. The summed E-state index contributed by atoms with van der Waals surface area (Å²) in [6, 6.07) is 11.3. The lowest BCUT2D eigenvalue weighted by atomic mass is 10.2. The van der Waals surface area contributed by atoms with Crippen molar-refractivity contribution >= 4 is 29.0 Å². The van der Waals surface area contributed by atoms with Gasteiger partial charge in [-0.05, 0) is 33.3 Å². The van der Waals surface area contributed by atoms with Crippen LogP contribution in [-0.4, -0.2) is 26.3 Å². The van der Waals surface area contributed by atoms with Gasteiger partial charge in [0.1, 0.15) is 5.60 Å². The maximum absolute atomic E-state index is 12.9. The standard InChI is InChI=1S/C19H21ClN4O2/c1-13-11-21-17-15(10-16(20)22-24(13)17)23(18(25)26-19(2,3)4)12-14-8-6-5-7-9-14/h5-11H,12H2,1-4H3. The molecule has 3 aromatic rings. The Morgan fingerprint density at radius 3 is 2.62 bits per heavy atom. The van der Waals surface area contributed by atoms with Crippen LogP contribution in [-0.2, 0) is 11.3 Å². The molecule has 0 atom stereocenters. The molecule has 3 rings (SSSR count). The van der Waals surface area contributed by atoms with Crippen LogP contribution in [0.15, 0.2) is 42.6 Å². The summed E-state index contributed by atoms with van der Waals surface area (Å²) in [4.78, 5) is 18.9. The molecule has 0 fully saturated rings. The summed E-state index contributed by atoms with van der Waals surface area (Å²) in [5.41, 5.74) is 2.27. The first-order valence-corrected chi connectivity index (χ1v) is 8.68. The van der Waals surface area contributed by atoms with Gasteiger partial charge in [-0.1, -0.05) is 41.9 Å². The van der Waals surface area contributed by atoms with Crippen LogP contribution < -0.4 is 4.90 Å². The Labute approximate surface area is 157 Å². The second kappa shape index (κ2) is 6.96. The first-order valence-electron chi connectivity index (χ1n) is 8.30. The second-order valence-corrected chi connectivity index (χ2v) is 7.43. The van der Waals surface area contributed by atoms with E-state index < -0.39 is 11.7 Å². The average Bonchev–Trinajstić information content (AvgIpc) is 2.92. The van der Waals surface area contributed by atoms with Crippen molar-refractivity contribution in [1.82, 2.24) is 14.6 Å². The van der Waals surface area contributed by atoms with E-state index in [0.29, 0.717) is 17.9 Å². The average molecular weight is 373 g/mol. The number of hydrogen-bond donors (Lipinski definition) is 0. The van der Waals surface area contributed by atoms with Gasteiger partial charge in [0, 0.05) is 6.07 Å². The van der Waals surface area contributed by atoms with Gasteiger partial charge in [0.15, 0.2) is 10.8 Å². The molecule has 6 nitrogen and oxygen atoms in total. The fourth-order valence-electron chi connectivity index (χ4n) is 2.56. The third kappa shape index (κ3) is 3.96. The molecule has 0 aliphatic rings. The van der Waals surface area contributed by atoms with E-state index in [-0.39, 0.29) is 5.15 Å². The zero-order valence-electron chi connectivity index (χ0n) is 15.2. The van der Waals surface area contributed by atoms with E-state index in [2.05, 4.69) is 10.1 Å². The highest BCUT2D eigenvalue weighted by molar-refractivity contribution is 6.29. The number of carbonyl (C=O) groups excluding carboxylic acids is 1. The highest BCUT2D eigenvalue weighted by Crippen LogP contribution is 2.27. The number of halogens is 1. The maximum atomic E-state index is 12.9. The third-order valence-electron chi connectivity index (χ3n) is 3.68. The van der Waals surface area contributed by atoms with Crippen molar-refractivity contribution in [2.75, 3.05) is 4.90 Å². The Morgan fingerprint density at radius 1 is 1.27 bits per heavy atom. The lowest BCUT2D eigenvalue weighted by molar-refractivity contribution is 0.0577. The van der Waals surface area contributed by atoms with Crippen LogP contribution in [0.25, 0.3) is 5.65 Å². The molecule has 2 heterocycles. The Kier molecular flexibility index (Phi) is 4.87. The number of ether oxygens (including phenoxy) is 1. The SMILES string of the molecule is Cc1cnc2c(N(Cc3ccccc3)C(=O)OC(C)(C)C)cc(Cl)nn12. The van der Waals surface area contributed by atoms with Gasteiger partial charge in [-0.3, -0.25) is 4.90 Å². The molecule has 0 spiro atoms. The summed E-state index contributed by atoms with van der Waals surface area (Å²) in [5, 5.41) is 4.53. The normalized spacial score (nSPS) is 11.6. The Morgan fingerprint density at radius 2 is 1.96 bits per heavy atom. The number of carbonyl (C=O) groups is 1. The van der Waals surface area contributed by atoms with Crippen molar-refractivity contribution in [1.29, 1.82) is 0 Å².